The molecule has 0 spiro atoms. The predicted molar refractivity (Wildman–Crippen MR) is 87.4 cm³/mol. The summed E-state index contributed by atoms with van der Waals surface area (Å²) in [5, 5.41) is 11.9. The van der Waals surface area contributed by atoms with Gasteiger partial charge in [0.25, 0.3) is 0 Å². The zero-order valence-electron chi connectivity index (χ0n) is 13.4. The molecule has 25 heavy (non-hydrogen) atoms. The maximum absolute atomic E-state index is 14.0. The number of carbonyl (C=O) groups excluding carboxylic acids is 1. The zero-order valence-corrected chi connectivity index (χ0v) is 13.4. The van der Waals surface area contributed by atoms with Crippen molar-refractivity contribution in [3.8, 4) is 0 Å². The van der Waals surface area contributed by atoms with Crippen molar-refractivity contribution < 1.29 is 23.5 Å². The van der Waals surface area contributed by atoms with E-state index in [-0.39, 0.29) is 24.4 Å². The van der Waals surface area contributed by atoms with Crippen molar-refractivity contribution in [3.05, 3.63) is 70.8 Å². The Morgan fingerprint density at radius 3 is 2.48 bits per heavy atom. The molecule has 1 fully saturated rings. The third kappa shape index (κ3) is 3.68. The van der Waals surface area contributed by atoms with E-state index in [9.17, 15) is 18.4 Å². The van der Waals surface area contributed by atoms with Gasteiger partial charge in [-0.2, -0.15) is 0 Å². The lowest BCUT2D eigenvalue weighted by molar-refractivity contribution is -0.120. The topological polar surface area (TPSA) is 66.4 Å². The molecule has 2 N–H and O–H groups in total. The van der Waals surface area contributed by atoms with Gasteiger partial charge in [-0.15, -0.1) is 0 Å². The van der Waals surface area contributed by atoms with Crippen LogP contribution in [0.2, 0.25) is 0 Å². The van der Waals surface area contributed by atoms with Gasteiger partial charge in [-0.05, 0) is 36.1 Å². The van der Waals surface area contributed by atoms with E-state index in [0.29, 0.717) is 24.0 Å². The van der Waals surface area contributed by atoms with Gasteiger partial charge in [0.1, 0.15) is 11.6 Å². The Hall–Kier alpha value is -2.76. The smallest absolute Gasteiger partial charge is 0.335 e. The summed E-state index contributed by atoms with van der Waals surface area (Å²) >= 11 is 0. The summed E-state index contributed by atoms with van der Waals surface area (Å²) in [7, 11) is 0. The highest BCUT2D eigenvalue weighted by atomic mass is 19.1. The van der Waals surface area contributed by atoms with Crippen molar-refractivity contribution in [2.24, 2.45) is 0 Å². The number of nitrogens with one attached hydrogen (secondary N) is 1. The molecular weight excluding hydrogens is 328 g/mol. The lowest BCUT2D eigenvalue weighted by Crippen LogP contribution is -2.34. The molecule has 2 aromatic rings. The zero-order chi connectivity index (χ0) is 18.0. The first kappa shape index (κ1) is 17.1. The minimum Gasteiger partial charge on any atom is -0.478 e. The van der Waals surface area contributed by atoms with Crippen LogP contribution in [0.5, 0.6) is 0 Å². The van der Waals surface area contributed by atoms with Crippen molar-refractivity contribution >= 4 is 11.9 Å². The highest BCUT2D eigenvalue weighted by Gasteiger charge is 2.46. The van der Waals surface area contributed by atoms with Crippen LogP contribution in [0, 0.1) is 11.6 Å². The summed E-state index contributed by atoms with van der Waals surface area (Å²) in [6, 6.07) is 9.79. The lowest BCUT2D eigenvalue weighted by Gasteiger charge is -2.17. The number of hydrogen-bond donors (Lipinski definition) is 2. The minimum atomic E-state index is -1.09. The number of rotatable bonds is 6. The van der Waals surface area contributed by atoms with E-state index in [2.05, 4.69) is 5.32 Å². The highest BCUT2D eigenvalue weighted by Crippen LogP contribution is 2.48. The quantitative estimate of drug-likeness (QED) is 0.846. The van der Waals surface area contributed by atoms with Crippen LogP contribution in [0.15, 0.2) is 42.5 Å². The molecular formula is C19H17F2NO3. The third-order valence-electron chi connectivity index (χ3n) is 4.58. The van der Waals surface area contributed by atoms with Crippen LogP contribution in [0.25, 0.3) is 0 Å². The number of carboxylic acid groups (broad SMARTS) is 1. The van der Waals surface area contributed by atoms with E-state index in [4.69, 9.17) is 5.11 Å². The number of carboxylic acids is 1. The summed E-state index contributed by atoms with van der Waals surface area (Å²) in [6.45, 7) is 0.240. The van der Waals surface area contributed by atoms with Gasteiger partial charge in [-0.1, -0.05) is 24.3 Å². The number of carbonyl (C=O) groups is 2. The molecule has 1 amide bonds. The van der Waals surface area contributed by atoms with Gasteiger partial charge in [-0.3, -0.25) is 4.79 Å². The Morgan fingerprint density at radius 1 is 1.12 bits per heavy atom. The van der Waals surface area contributed by atoms with Crippen LogP contribution in [0.4, 0.5) is 8.78 Å². The average molecular weight is 345 g/mol. The van der Waals surface area contributed by atoms with Crippen LogP contribution in [-0.2, 0) is 16.6 Å². The fraction of sp³-hybridized carbons (Fsp3) is 0.263. The first-order valence-electron chi connectivity index (χ1n) is 7.95. The molecule has 0 unspecified atom stereocenters. The second-order valence-electron chi connectivity index (χ2n) is 6.32. The molecule has 2 aromatic carbocycles. The van der Waals surface area contributed by atoms with E-state index in [0.717, 1.165) is 6.07 Å². The maximum Gasteiger partial charge on any atom is 0.335 e. The SMILES string of the molecule is O=C(Cc1ccccc1C(=O)O)NCC1(c2ccc(F)cc2F)CC1. The molecule has 130 valence electrons. The number of benzene rings is 2. The maximum atomic E-state index is 14.0. The number of hydrogen-bond acceptors (Lipinski definition) is 2. The fourth-order valence-electron chi connectivity index (χ4n) is 3.00. The molecule has 1 aliphatic carbocycles. The predicted octanol–water partition coefficient (Wildman–Crippen LogP) is 3.05. The Bertz CT molecular complexity index is 831. The molecule has 0 saturated heterocycles. The van der Waals surface area contributed by atoms with Crippen LogP contribution in [-0.4, -0.2) is 23.5 Å². The van der Waals surface area contributed by atoms with E-state index in [1.54, 1.807) is 18.2 Å². The number of aromatic carboxylic acids is 1. The molecule has 4 nitrogen and oxygen atoms in total. The van der Waals surface area contributed by atoms with Crippen LogP contribution >= 0.6 is 0 Å². The number of halogens is 2. The lowest BCUT2D eigenvalue weighted by atomic mass is 9.95. The van der Waals surface area contributed by atoms with Crippen LogP contribution in [0.1, 0.15) is 34.3 Å². The van der Waals surface area contributed by atoms with Gasteiger partial charge in [0.2, 0.25) is 5.91 Å². The Labute approximate surface area is 143 Å². The summed E-state index contributed by atoms with van der Waals surface area (Å²) in [5.74, 6) is -2.66. The molecule has 0 heterocycles. The second kappa shape index (κ2) is 6.63. The second-order valence-corrected chi connectivity index (χ2v) is 6.32. The van der Waals surface area contributed by atoms with Crippen molar-refractivity contribution in [2.45, 2.75) is 24.7 Å². The van der Waals surface area contributed by atoms with Gasteiger partial charge >= 0.3 is 5.97 Å². The van der Waals surface area contributed by atoms with Crippen molar-refractivity contribution in [2.75, 3.05) is 6.54 Å². The Balaban J connectivity index is 1.66. The highest BCUT2D eigenvalue weighted by molar-refractivity contribution is 5.91. The molecule has 1 aliphatic rings. The fourth-order valence-corrected chi connectivity index (χ4v) is 3.00. The molecule has 6 heteroatoms. The molecule has 0 bridgehead atoms. The monoisotopic (exact) mass is 345 g/mol. The first-order chi connectivity index (χ1) is 11.9. The standard InChI is InChI=1S/C19H17F2NO3/c20-13-5-6-15(16(21)10-13)19(7-8-19)11-22-17(23)9-12-3-1-2-4-14(12)18(24)25/h1-6,10H,7-9,11H2,(H,22,23)(H,24,25). The Morgan fingerprint density at radius 2 is 1.84 bits per heavy atom. The van der Waals surface area contributed by atoms with E-state index in [1.165, 1.54) is 18.2 Å². The molecule has 0 radical (unpaired) electrons. The van der Waals surface area contributed by atoms with Gasteiger partial charge in [0.15, 0.2) is 0 Å². The number of amides is 1. The van der Waals surface area contributed by atoms with Crippen molar-refractivity contribution in [1.82, 2.24) is 5.32 Å². The van der Waals surface area contributed by atoms with E-state index < -0.39 is 23.0 Å². The summed E-state index contributed by atoms with van der Waals surface area (Å²) in [6.07, 6.45) is 1.35. The first-order valence-corrected chi connectivity index (χ1v) is 7.95. The van der Waals surface area contributed by atoms with Gasteiger partial charge in [0.05, 0.1) is 12.0 Å². The largest absolute Gasteiger partial charge is 0.478 e. The van der Waals surface area contributed by atoms with Crippen LogP contribution < -0.4 is 5.32 Å². The summed E-state index contributed by atoms with van der Waals surface area (Å²) < 4.78 is 27.0. The third-order valence-corrected chi connectivity index (χ3v) is 4.58. The van der Waals surface area contributed by atoms with Crippen molar-refractivity contribution in [1.29, 1.82) is 0 Å². The minimum absolute atomic E-state index is 0.0650. The van der Waals surface area contributed by atoms with Gasteiger partial charge in [-0.25, -0.2) is 13.6 Å². The van der Waals surface area contributed by atoms with Gasteiger partial charge in [0, 0.05) is 18.0 Å². The van der Waals surface area contributed by atoms with E-state index >= 15 is 0 Å². The van der Waals surface area contributed by atoms with Crippen LogP contribution in [0.3, 0.4) is 0 Å². The molecule has 0 aliphatic heterocycles. The Kier molecular flexibility index (Phi) is 4.53. The van der Waals surface area contributed by atoms with Crippen molar-refractivity contribution in [3.63, 3.8) is 0 Å². The average Bonchev–Trinajstić information content (AvgIpc) is 3.34. The van der Waals surface area contributed by atoms with Gasteiger partial charge < -0.3 is 10.4 Å². The molecule has 0 atom stereocenters. The molecule has 3 rings (SSSR count). The molecule has 0 aromatic heterocycles. The normalized spacial score (nSPS) is 14.8. The summed E-state index contributed by atoms with van der Waals surface area (Å²) in [5.41, 5.74) is 0.411. The molecule has 1 saturated carbocycles. The van der Waals surface area contributed by atoms with E-state index in [1.807, 2.05) is 0 Å². The summed E-state index contributed by atoms with van der Waals surface area (Å²) in [4.78, 5) is 23.4.